The zero-order chi connectivity index (χ0) is 16.7. The second kappa shape index (κ2) is 8.39. The van der Waals surface area contributed by atoms with Gasteiger partial charge in [0.05, 0.1) is 0 Å². The Morgan fingerprint density at radius 2 is 1.78 bits per heavy atom. The minimum atomic E-state index is -1.04. The SMILES string of the molecule is O=C(NCC[C@H](CCO)c1ccccc1)c1ccc(F)c(F)c1. The first-order valence-corrected chi connectivity index (χ1v) is 7.51. The van der Waals surface area contributed by atoms with Crippen molar-refractivity contribution in [1.82, 2.24) is 5.32 Å². The number of benzene rings is 2. The molecular formula is C18H19F2NO2. The van der Waals surface area contributed by atoms with Crippen molar-refractivity contribution in [2.45, 2.75) is 18.8 Å². The summed E-state index contributed by atoms with van der Waals surface area (Å²) in [6, 6.07) is 12.8. The zero-order valence-electron chi connectivity index (χ0n) is 12.6. The fourth-order valence-corrected chi connectivity index (χ4v) is 2.46. The van der Waals surface area contributed by atoms with Crippen molar-refractivity contribution >= 4 is 5.91 Å². The molecule has 2 N–H and O–H groups in total. The van der Waals surface area contributed by atoms with Crippen LogP contribution in [0.1, 0.15) is 34.7 Å². The van der Waals surface area contributed by atoms with Crippen molar-refractivity contribution < 1.29 is 18.7 Å². The number of aliphatic hydroxyl groups is 1. The molecule has 0 radical (unpaired) electrons. The molecule has 2 aromatic carbocycles. The van der Waals surface area contributed by atoms with Gasteiger partial charge in [0, 0.05) is 18.7 Å². The lowest BCUT2D eigenvalue weighted by Gasteiger charge is -2.16. The predicted octanol–water partition coefficient (Wildman–Crippen LogP) is 3.25. The first kappa shape index (κ1) is 17.1. The van der Waals surface area contributed by atoms with E-state index in [-0.39, 0.29) is 18.1 Å². The van der Waals surface area contributed by atoms with E-state index in [9.17, 15) is 18.7 Å². The average molecular weight is 319 g/mol. The third-order valence-electron chi connectivity index (χ3n) is 3.71. The first-order chi connectivity index (χ1) is 11.1. The average Bonchev–Trinajstić information content (AvgIpc) is 2.57. The van der Waals surface area contributed by atoms with Gasteiger partial charge in [-0.25, -0.2) is 8.78 Å². The van der Waals surface area contributed by atoms with Gasteiger partial charge in [-0.05, 0) is 42.5 Å². The number of carbonyl (C=O) groups excluding carboxylic acids is 1. The monoisotopic (exact) mass is 319 g/mol. The summed E-state index contributed by atoms with van der Waals surface area (Å²) in [6.07, 6.45) is 1.26. The quantitative estimate of drug-likeness (QED) is 0.823. The van der Waals surface area contributed by atoms with E-state index >= 15 is 0 Å². The maximum Gasteiger partial charge on any atom is 0.251 e. The van der Waals surface area contributed by atoms with E-state index in [1.54, 1.807) is 0 Å². The molecule has 23 heavy (non-hydrogen) atoms. The van der Waals surface area contributed by atoms with Crippen LogP contribution in [-0.4, -0.2) is 24.2 Å². The molecule has 1 amide bonds. The highest BCUT2D eigenvalue weighted by atomic mass is 19.2. The fourth-order valence-electron chi connectivity index (χ4n) is 2.46. The van der Waals surface area contributed by atoms with Crippen molar-refractivity contribution in [3.05, 3.63) is 71.3 Å². The number of nitrogens with one attached hydrogen (secondary N) is 1. The summed E-state index contributed by atoms with van der Waals surface area (Å²) < 4.78 is 26.0. The summed E-state index contributed by atoms with van der Waals surface area (Å²) >= 11 is 0. The van der Waals surface area contributed by atoms with E-state index in [1.165, 1.54) is 6.07 Å². The fraction of sp³-hybridized carbons (Fsp3) is 0.278. The molecule has 0 spiro atoms. The minimum Gasteiger partial charge on any atom is -0.396 e. The third-order valence-corrected chi connectivity index (χ3v) is 3.71. The summed E-state index contributed by atoms with van der Waals surface area (Å²) in [6.45, 7) is 0.452. The number of hydrogen-bond donors (Lipinski definition) is 2. The van der Waals surface area contributed by atoms with Crippen LogP contribution in [0.15, 0.2) is 48.5 Å². The molecule has 0 heterocycles. The van der Waals surface area contributed by atoms with E-state index < -0.39 is 17.5 Å². The van der Waals surface area contributed by atoms with Gasteiger partial charge in [0.15, 0.2) is 11.6 Å². The molecule has 5 heteroatoms. The van der Waals surface area contributed by atoms with Crippen molar-refractivity contribution in [1.29, 1.82) is 0 Å². The number of hydrogen-bond acceptors (Lipinski definition) is 2. The molecule has 0 fully saturated rings. The highest BCUT2D eigenvalue weighted by Crippen LogP contribution is 2.22. The van der Waals surface area contributed by atoms with Crippen molar-refractivity contribution in [3.63, 3.8) is 0 Å². The maximum atomic E-state index is 13.1. The van der Waals surface area contributed by atoms with Gasteiger partial charge in [-0.2, -0.15) is 0 Å². The lowest BCUT2D eigenvalue weighted by Crippen LogP contribution is -2.26. The van der Waals surface area contributed by atoms with Crippen LogP contribution in [0.2, 0.25) is 0 Å². The maximum absolute atomic E-state index is 13.1. The van der Waals surface area contributed by atoms with E-state index in [0.29, 0.717) is 19.4 Å². The van der Waals surface area contributed by atoms with Gasteiger partial charge in [0.2, 0.25) is 0 Å². The number of rotatable bonds is 7. The number of amides is 1. The standard InChI is InChI=1S/C18H19F2NO2/c19-16-7-6-15(12-17(16)20)18(23)21-10-8-14(9-11-22)13-4-2-1-3-5-13/h1-7,12,14,22H,8-11H2,(H,21,23)/t14-/m1/s1. The Kier molecular flexibility index (Phi) is 6.23. The molecule has 2 rings (SSSR count). The number of halogens is 2. The topological polar surface area (TPSA) is 49.3 Å². The van der Waals surface area contributed by atoms with Crippen LogP contribution < -0.4 is 5.32 Å². The van der Waals surface area contributed by atoms with Crippen LogP contribution in [-0.2, 0) is 0 Å². The lowest BCUT2D eigenvalue weighted by atomic mass is 9.93. The second-order valence-electron chi connectivity index (χ2n) is 5.29. The molecule has 0 unspecified atom stereocenters. The first-order valence-electron chi connectivity index (χ1n) is 7.51. The minimum absolute atomic E-state index is 0.0662. The van der Waals surface area contributed by atoms with Crippen LogP contribution in [0.5, 0.6) is 0 Å². The van der Waals surface area contributed by atoms with Gasteiger partial charge >= 0.3 is 0 Å². The zero-order valence-corrected chi connectivity index (χ0v) is 12.6. The number of carbonyl (C=O) groups is 1. The molecule has 0 saturated heterocycles. The Morgan fingerprint density at radius 1 is 1.04 bits per heavy atom. The molecule has 0 aliphatic rings. The van der Waals surface area contributed by atoms with Crippen LogP contribution >= 0.6 is 0 Å². The molecule has 0 aliphatic carbocycles. The van der Waals surface area contributed by atoms with Crippen LogP contribution in [0.4, 0.5) is 8.78 Å². The van der Waals surface area contributed by atoms with Crippen LogP contribution in [0, 0.1) is 11.6 Å². The predicted molar refractivity (Wildman–Crippen MR) is 84.2 cm³/mol. The van der Waals surface area contributed by atoms with E-state index in [0.717, 1.165) is 17.7 Å². The van der Waals surface area contributed by atoms with Gasteiger partial charge in [-0.1, -0.05) is 30.3 Å². The van der Waals surface area contributed by atoms with Crippen LogP contribution in [0.25, 0.3) is 0 Å². The Morgan fingerprint density at radius 3 is 2.43 bits per heavy atom. The summed E-state index contributed by atoms with van der Waals surface area (Å²) in [5.74, 6) is -2.33. The lowest BCUT2D eigenvalue weighted by molar-refractivity contribution is 0.0951. The molecular weight excluding hydrogens is 300 g/mol. The number of aliphatic hydroxyl groups excluding tert-OH is 1. The third kappa shape index (κ3) is 4.86. The molecule has 0 bridgehead atoms. The largest absolute Gasteiger partial charge is 0.396 e. The summed E-state index contributed by atoms with van der Waals surface area (Å²) in [5.41, 5.74) is 1.19. The molecule has 2 aromatic rings. The Hall–Kier alpha value is -2.27. The smallest absolute Gasteiger partial charge is 0.251 e. The van der Waals surface area contributed by atoms with Gasteiger partial charge in [0.25, 0.3) is 5.91 Å². The van der Waals surface area contributed by atoms with Crippen LogP contribution in [0.3, 0.4) is 0 Å². The van der Waals surface area contributed by atoms with Crippen molar-refractivity contribution in [2.75, 3.05) is 13.2 Å². The summed E-state index contributed by atoms with van der Waals surface area (Å²) in [7, 11) is 0. The Bertz CT molecular complexity index is 647. The normalized spacial score (nSPS) is 12.0. The highest BCUT2D eigenvalue weighted by molar-refractivity contribution is 5.94. The van der Waals surface area contributed by atoms with Gasteiger partial charge in [-0.15, -0.1) is 0 Å². The molecule has 122 valence electrons. The van der Waals surface area contributed by atoms with Gasteiger partial charge < -0.3 is 10.4 Å². The molecule has 3 nitrogen and oxygen atoms in total. The van der Waals surface area contributed by atoms with Crippen molar-refractivity contribution in [2.24, 2.45) is 0 Å². The molecule has 0 saturated carbocycles. The summed E-state index contributed by atoms with van der Waals surface area (Å²) in [4.78, 5) is 11.9. The van der Waals surface area contributed by atoms with Gasteiger partial charge in [0.1, 0.15) is 0 Å². The van der Waals surface area contributed by atoms with E-state index in [2.05, 4.69) is 5.32 Å². The molecule has 1 atom stereocenters. The van der Waals surface area contributed by atoms with Crippen molar-refractivity contribution in [3.8, 4) is 0 Å². The van der Waals surface area contributed by atoms with E-state index in [4.69, 9.17) is 0 Å². The second-order valence-corrected chi connectivity index (χ2v) is 5.29. The summed E-state index contributed by atoms with van der Waals surface area (Å²) in [5, 5.41) is 11.9. The van der Waals surface area contributed by atoms with E-state index in [1.807, 2.05) is 30.3 Å². The molecule has 0 aromatic heterocycles. The Labute approximate surface area is 134 Å². The van der Waals surface area contributed by atoms with Gasteiger partial charge in [-0.3, -0.25) is 4.79 Å². The highest BCUT2D eigenvalue weighted by Gasteiger charge is 2.13. The molecule has 0 aliphatic heterocycles. The Balaban J connectivity index is 1.91.